The van der Waals surface area contributed by atoms with Gasteiger partial charge in [0, 0.05) is 5.92 Å². The van der Waals surface area contributed by atoms with Gasteiger partial charge in [-0.1, -0.05) is 41.8 Å². The van der Waals surface area contributed by atoms with E-state index in [0.29, 0.717) is 11.1 Å². The topological polar surface area (TPSA) is 34.1 Å². The van der Waals surface area contributed by atoms with E-state index in [0.717, 1.165) is 49.0 Å². The summed E-state index contributed by atoms with van der Waals surface area (Å²) in [5, 5.41) is -0.678. The third kappa shape index (κ3) is 3.17. The van der Waals surface area contributed by atoms with E-state index in [1.807, 2.05) is 6.92 Å². The molecule has 0 aromatic heterocycles. The van der Waals surface area contributed by atoms with Gasteiger partial charge in [-0.25, -0.2) is 8.42 Å². The molecule has 2 nitrogen and oxygen atoms in total. The molecule has 0 spiro atoms. The first kappa shape index (κ1) is 19.2. The molecule has 0 heterocycles. The fourth-order valence-electron chi connectivity index (χ4n) is 4.43. The average Bonchev–Trinajstić information content (AvgIpc) is 2.62. The van der Waals surface area contributed by atoms with Gasteiger partial charge in [0.1, 0.15) is 0 Å². The van der Waals surface area contributed by atoms with Gasteiger partial charge in [-0.15, -0.1) is 0 Å². The van der Waals surface area contributed by atoms with Gasteiger partial charge in [0.2, 0.25) is 0 Å². The predicted molar refractivity (Wildman–Crippen MR) is 102 cm³/mol. The zero-order chi connectivity index (χ0) is 20.1. The van der Waals surface area contributed by atoms with Crippen LogP contribution in [-0.2, 0) is 16.0 Å². The van der Waals surface area contributed by atoms with Crippen molar-refractivity contribution in [2.75, 3.05) is 0 Å². The minimum absolute atomic E-state index is 0.0302. The summed E-state index contributed by atoms with van der Waals surface area (Å²) in [5.74, 6) is -0.0302. The second kappa shape index (κ2) is 6.76. The lowest BCUT2D eigenvalue weighted by atomic mass is 9.67. The zero-order valence-electron chi connectivity index (χ0n) is 15.5. The van der Waals surface area contributed by atoms with Crippen molar-refractivity contribution in [3.8, 4) is 0 Å². The molecule has 0 saturated heterocycles. The Bertz CT molecular complexity index is 1020. The molecule has 1 fully saturated rings. The summed E-state index contributed by atoms with van der Waals surface area (Å²) in [6.45, 7) is 1.90. The third-order valence-electron chi connectivity index (χ3n) is 5.86. The van der Waals surface area contributed by atoms with E-state index in [9.17, 15) is 21.6 Å². The Kier molecular flexibility index (Phi) is 4.65. The van der Waals surface area contributed by atoms with Crippen LogP contribution in [0.25, 0.3) is 5.57 Å². The summed E-state index contributed by atoms with van der Waals surface area (Å²) >= 11 is 0. The van der Waals surface area contributed by atoms with E-state index >= 15 is 0 Å². The number of aryl methyl sites for hydroxylation is 1. The molecule has 2 unspecified atom stereocenters. The Morgan fingerprint density at radius 2 is 1.57 bits per heavy atom. The Morgan fingerprint density at radius 1 is 0.929 bits per heavy atom. The van der Waals surface area contributed by atoms with Crippen molar-refractivity contribution in [2.24, 2.45) is 5.92 Å². The molecule has 2 atom stereocenters. The zero-order valence-corrected chi connectivity index (χ0v) is 16.3. The molecule has 2 aliphatic rings. The van der Waals surface area contributed by atoms with E-state index < -0.39 is 26.8 Å². The van der Waals surface area contributed by atoms with Gasteiger partial charge in [0.15, 0.2) is 9.84 Å². The van der Waals surface area contributed by atoms with Gasteiger partial charge in [-0.2, -0.15) is 13.2 Å². The molecule has 2 aromatic rings. The first-order valence-corrected chi connectivity index (χ1v) is 11.0. The Morgan fingerprint density at radius 3 is 2.18 bits per heavy atom. The van der Waals surface area contributed by atoms with Gasteiger partial charge in [0.25, 0.3) is 0 Å². The monoisotopic (exact) mass is 406 g/mol. The first-order chi connectivity index (χ1) is 13.2. The second-order valence-corrected chi connectivity index (χ2v) is 9.71. The highest BCUT2D eigenvalue weighted by molar-refractivity contribution is 7.92. The summed E-state index contributed by atoms with van der Waals surface area (Å²) in [7, 11) is -3.61. The second-order valence-electron chi connectivity index (χ2n) is 7.64. The molecular formula is C22H21F3O2S. The predicted octanol–water partition coefficient (Wildman–Crippen LogP) is 5.81. The van der Waals surface area contributed by atoms with E-state index in [1.165, 1.54) is 12.1 Å². The minimum atomic E-state index is -4.41. The van der Waals surface area contributed by atoms with Crippen molar-refractivity contribution >= 4 is 15.4 Å². The standard InChI is InChI=1S/C22H21F3O2S/c1-14-6-12-17(13-7-14)28(26,27)21-19-5-3-2-4-18(19)20(21)15-8-10-16(11-9-15)22(23,24)25/h6-13,19,21H,2-5H2,1H3. The van der Waals surface area contributed by atoms with Crippen LogP contribution in [0.15, 0.2) is 59.0 Å². The summed E-state index contributed by atoms with van der Waals surface area (Å²) in [5.41, 5.74) is 2.65. The van der Waals surface area contributed by atoms with Crippen molar-refractivity contribution in [1.82, 2.24) is 0 Å². The molecule has 4 rings (SSSR count). The normalized spacial score (nSPS) is 22.6. The summed E-state index contributed by atoms with van der Waals surface area (Å²) in [4.78, 5) is 0.275. The smallest absolute Gasteiger partial charge is 0.223 e. The lowest BCUT2D eigenvalue weighted by Crippen LogP contribution is -2.42. The Hall–Kier alpha value is -2.08. The van der Waals surface area contributed by atoms with Gasteiger partial charge < -0.3 is 0 Å². The molecule has 0 bridgehead atoms. The van der Waals surface area contributed by atoms with E-state index in [4.69, 9.17) is 0 Å². The van der Waals surface area contributed by atoms with Gasteiger partial charge in [-0.3, -0.25) is 0 Å². The first-order valence-electron chi connectivity index (χ1n) is 9.41. The maximum atomic E-state index is 13.4. The minimum Gasteiger partial charge on any atom is -0.223 e. The highest BCUT2D eigenvalue weighted by atomic mass is 32.2. The van der Waals surface area contributed by atoms with Gasteiger partial charge in [0.05, 0.1) is 15.7 Å². The van der Waals surface area contributed by atoms with Crippen LogP contribution in [0.5, 0.6) is 0 Å². The van der Waals surface area contributed by atoms with Crippen LogP contribution in [0, 0.1) is 12.8 Å². The quantitative estimate of drug-likeness (QED) is 0.644. The number of halogens is 3. The maximum Gasteiger partial charge on any atom is 0.416 e. The van der Waals surface area contributed by atoms with Crippen molar-refractivity contribution in [3.63, 3.8) is 0 Å². The van der Waals surface area contributed by atoms with Crippen LogP contribution in [0.1, 0.15) is 42.4 Å². The van der Waals surface area contributed by atoms with Crippen LogP contribution in [0.2, 0.25) is 0 Å². The maximum absolute atomic E-state index is 13.4. The molecule has 0 aliphatic heterocycles. The molecule has 28 heavy (non-hydrogen) atoms. The highest BCUT2D eigenvalue weighted by Crippen LogP contribution is 2.53. The number of allylic oxidation sites excluding steroid dienone is 1. The van der Waals surface area contributed by atoms with E-state index in [-0.39, 0.29) is 10.8 Å². The number of fused-ring (bicyclic) bond motifs is 1. The van der Waals surface area contributed by atoms with Crippen LogP contribution >= 0.6 is 0 Å². The molecule has 2 aromatic carbocycles. The largest absolute Gasteiger partial charge is 0.416 e. The van der Waals surface area contributed by atoms with E-state index in [2.05, 4.69) is 0 Å². The van der Waals surface area contributed by atoms with Crippen LogP contribution in [0.4, 0.5) is 13.2 Å². The lowest BCUT2D eigenvalue weighted by Gasteiger charge is -2.44. The van der Waals surface area contributed by atoms with Crippen molar-refractivity contribution in [2.45, 2.75) is 48.9 Å². The number of sulfone groups is 1. The van der Waals surface area contributed by atoms with Crippen LogP contribution < -0.4 is 0 Å². The van der Waals surface area contributed by atoms with Crippen LogP contribution in [-0.4, -0.2) is 13.7 Å². The summed E-state index contributed by atoms with van der Waals surface area (Å²) in [6.07, 6.45) is -0.797. The van der Waals surface area contributed by atoms with E-state index in [1.54, 1.807) is 24.3 Å². The Labute approximate surface area is 163 Å². The molecule has 0 amide bonds. The lowest BCUT2D eigenvalue weighted by molar-refractivity contribution is -0.137. The molecule has 2 aliphatic carbocycles. The third-order valence-corrected chi connectivity index (χ3v) is 8.02. The summed E-state index contributed by atoms with van der Waals surface area (Å²) in [6, 6.07) is 11.7. The van der Waals surface area contributed by atoms with Crippen molar-refractivity contribution in [1.29, 1.82) is 0 Å². The van der Waals surface area contributed by atoms with Crippen molar-refractivity contribution in [3.05, 3.63) is 70.8 Å². The SMILES string of the molecule is Cc1ccc(S(=O)(=O)C2C(c3ccc(C(F)(F)F)cc3)=C3CCCCC32)cc1. The average molecular weight is 406 g/mol. The number of hydrogen-bond donors (Lipinski definition) is 0. The molecule has 6 heteroatoms. The summed E-state index contributed by atoms with van der Waals surface area (Å²) < 4.78 is 65.4. The van der Waals surface area contributed by atoms with Gasteiger partial charge in [-0.05, 0) is 61.6 Å². The number of alkyl halides is 3. The highest BCUT2D eigenvalue weighted by Gasteiger charge is 2.49. The van der Waals surface area contributed by atoms with Crippen LogP contribution in [0.3, 0.4) is 0 Å². The Balaban J connectivity index is 1.77. The molecule has 148 valence electrons. The molecule has 0 radical (unpaired) electrons. The molecule has 0 N–H and O–H groups in total. The number of benzene rings is 2. The van der Waals surface area contributed by atoms with Gasteiger partial charge >= 0.3 is 6.18 Å². The fraction of sp³-hybridized carbons (Fsp3) is 0.364. The molecular weight excluding hydrogens is 385 g/mol. The number of rotatable bonds is 3. The fourth-order valence-corrected chi connectivity index (χ4v) is 6.57. The number of hydrogen-bond acceptors (Lipinski definition) is 2. The van der Waals surface area contributed by atoms with Crippen molar-refractivity contribution < 1.29 is 21.6 Å². The molecule has 1 saturated carbocycles.